The number of hydrogen-bond donors (Lipinski definition) is 1. The van der Waals surface area contributed by atoms with Crippen LogP contribution in [-0.2, 0) is 0 Å². The SMILES string of the molecule is Cc1cccc(C)c1Oc1cccc(Oc2c(C)cccc2C)c1-c1c2ccc(=O)cc-2oc2cc(O)ccc12. The summed E-state index contributed by atoms with van der Waals surface area (Å²) >= 11 is 0. The first-order valence-electron chi connectivity index (χ1n) is 13.1. The van der Waals surface area contributed by atoms with E-state index in [9.17, 15) is 9.90 Å². The van der Waals surface area contributed by atoms with Crippen LogP contribution in [0.2, 0.25) is 0 Å². The highest BCUT2D eigenvalue weighted by Gasteiger charge is 2.25. The molecule has 4 aromatic carbocycles. The quantitative estimate of drug-likeness (QED) is 0.226. The van der Waals surface area contributed by atoms with Crippen molar-refractivity contribution in [2.75, 3.05) is 0 Å². The van der Waals surface area contributed by atoms with E-state index in [1.165, 1.54) is 12.1 Å². The van der Waals surface area contributed by atoms with Crippen LogP contribution in [-0.4, -0.2) is 5.11 Å². The number of phenols is 1. The van der Waals surface area contributed by atoms with Gasteiger partial charge < -0.3 is 19.0 Å². The van der Waals surface area contributed by atoms with Gasteiger partial charge in [-0.2, -0.15) is 0 Å². The van der Waals surface area contributed by atoms with Crippen LogP contribution in [0, 0.1) is 27.7 Å². The van der Waals surface area contributed by atoms with Gasteiger partial charge in [-0.05, 0) is 86.3 Å². The molecule has 40 heavy (non-hydrogen) atoms. The second-order valence-corrected chi connectivity index (χ2v) is 10.1. The summed E-state index contributed by atoms with van der Waals surface area (Å²) in [5.74, 6) is 3.18. The molecule has 0 fully saturated rings. The Balaban J connectivity index is 1.71. The predicted octanol–water partition coefficient (Wildman–Crippen LogP) is 9.09. The second-order valence-electron chi connectivity index (χ2n) is 10.1. The summed E-state index contributed by atoms with van der Waals surface area (Å²) in [7, 11) is 0. The fourth-order valence-electron chi connectivity index (χ4n) is 5.20. The smallest absolute Gasteiger partial charge is 0.182 e. The molecule has 0 saturated heterocycles. The van der Waals surface area contributed by atoms with E-state index in [0.717, 1.165) is 50.3 Å². The zero-order chi connectivity index (χ0) is 28.0. The molecule has 0 bridgehead atoms. The lowest BCUT2D eigenvalue weighted by molar-refractivity contribution is 0.456. The van der Waals surface area contributed by atoms with Crippen LogP contribution in [0.4, 0.5) is 0 Å². The third kappa shape index (κ3) is 4.46. The van der Waals surface area contributed by atoms with Crippen molar-refractivity contribution in [3.8, 4) is 51.2 Å². The molecule has 5 nitrogen and oxygen atoms in total. The normalized spacial score (nSPS) is 11.2. The van der Waals surface area contributed by atoms with E-state index < -0.39 is 0 Å². The van der Waals surface area contributed by atoms with Crippen molar-refractivity contribution >= 4 is 11.0 Å². The lowest BCUT2D eigenvalue weighted by atomic mass is 9.92. The van der Waals surface area contributed by atoms with Gasteiger partial charge >= 0.3 is 0 Å². The molecule has 0 unspecified atom stereocenters. The summed E-state index contributed by atoms with van der Waals surface area (Å²) in [6, 6.07) is 27.6. The topological polar surface area (TPSA) is 68.9 Å². The van der Waals surface area contributed by atoms with Crippen molar-refractivity contribution in [1.82, 2.24) is 0 Å². The third-order valence-electron chi connectivity index (χ3n) is 7.16. The molecule has 0 atom stereocenters. The zero-order valence-electron chi connectivity index (χ0n) is 22.7. The number of benzene rings is 5. The fraction of sp³-hybridized carbons (Fsp3) is 0.114. The lowest BCUT2D eigenvalue weighted by Crippen LogP contribution is -2.02. The monoisotopic (exact) mass is 528 g/mol. The number of phenolic OH excluding ortho intramolecular Hbond substituents is 1. The van der Waals surface area contributed by atoms with Gasteiger partial charge in [0.15, 0.2) is 5.43 Å². The van der Waals surface area contributed by atoms with Gasteiger partial charge in [-0.3, -0.25) is 4.79 Å². The fourth-order valence-corrected chi connectivity index (χ4v) is 5.20. The molecule has 1 aliphatic heterocycles. The first-order chi connectivity index (χ1) is 19.3. The summed E-state index contributed by atoms with van der Waals surface area (Å²) in [6.45, 7) is 8.07. The van der Waals surface area contributed by atoms with E-state index in [4.69, 9.17) is 13.9 Å². The molecule has 1 aliphatic carbocycles. The van der Waals surface area contributed by atoms with E-state index in [2.05, 4.69) is 0 Å². The van der Waals surface area contributed by atoms with Crippen molar-refractivity contribution in [3.05, 3.63) is 123 Å². The maximum atomic E-state index is 12.3. The molecule has 0 aromatic heterocycles. The third-order valence-corrected chi connectivity index (χ3v) is 7.16. The van der Waals surface area contributed by atoms with Crippen LogP contribution in [0.5, 0.6) is 28.7 Å². The minimum atomic E-state index is -0.172. The van der Waals surface area contributed by atoms with Crippen LogP contribution in [0.1, 0.15) is 22.3 Å². The van der Waals surface area contributed by atoms with Gasteiger partial charge in [0.1, 0.15) is 40.1 Å². The van der Waals surface area contributed by atoms with E-state index in [1.807, 2.05) is 88.4 Å². The zero-order valence-corrected chi connectivity index (χ0v) is 22.7. The minimum absolute atomic E-state index is 0.0620. The van der Waals surface area contributed by atoms with E-state index >= 15 is 0 Å². The van der Waals surface area contributed by atoms with Crippen LogP contribution in [0.15, 0.2) is 100 Å². The van der Waals surface area contributed by atoms with Gasteiger partial charge in [-0.15, -0.1) is 0 Å². The molecular formula is C35H28O5. The maximum Gasteiger partial charge on any atom is 0.182 e. The van der Waals surface area contributed by atoms with Gasteiger partial charge in [0.05, 0.1) is 5.56 Å². The van der Waals surface area contributed by atoms with E-state index in [1.54, 1.807) is 18.2 Å². The molecule has 198 valence electrons. The van der Waals surface area contributed by atoms with Gasteiger partial charge in [0.25, 0.3) is 0 Å². The number of aromatic hydroxyl groups is 1. The van der Waals surface area contributed by atoms with Crippen molar-refractivity contribution in [2.24, 2.45) is 0 Å². The minimum Gasteiger partial charge on any atom is -0.508 e. The summed E-state index contributed by atoms with van der Waals surface area (Å²) < 4.78 is 19.5. The Kier molecular flexibility index (Phi) is 6.27. The first kappa shape index (κ1) is 25.3. The summed E-state index contributed by atoms with van der Waals surface area (Å²) in [6.07, 6.45) is 0. The number of fused-ring (bicyclic) bond motifs is 2. The van der Waals surface area contributed by atoms with Gasteiger partial charge in [0.2, 0.25) is 0 Å². The van der Waals surface area contributed by atoms with Gasteiger partial charge in [0, 0.05) is 28.6 Å². The highest BCUT2D eigenvalue weighted by atomic mass is 16.5. The molecule has 5 heteroatoms. The Morgan fingerprint density at radius 2 is 1.18 bits per heavy atom. The Morgan fingerprint density at radius 1 is 0.625 bits per heavy atom. The first-order valence-corrected chi connectivity index (χ1v) is 13.1. The average Bonchev–Trinajstić information content (AvgIpc) is 2.92. The molecule has 4 aromatic rings. The second kappa shape index (κ2) is 9.93. The van der Waals surface area contributed by atoms with Crippen LogP contribution in [0.3, 0.4) is 0 Å². The van der Waals surface area contributed by atoms with Crippen LogP contribution in [0.25, 0.3) is 33.4 Å². The van der Waals surface area contributed by atoms with Crippen LogP contribution < -0.4 is 14.9 Å². The Labute approximate surface area is 232 Å². The van der Waals surface area contributed by atoms with Gasteiger partial charge in [-0.1, -0.05) is 42.5 Å². The predicted molar refractivity (Wildman–Crippen MR) is 158 cm³/mol. The van der Waals surface area contributed by atoms with E-state index in [0.29, 0.717) is 28.4 Å². The Morgan fingerprint density at radius 3 is 1.75 bits per heavy atom. The highest BCUT2D eigenvalue weighted by molar-refractivity contribution is 6.05. The molecule has 1 N–H and O–H groups in total. The van der Waals surface area contributed by atoms with Crippen molar-refractivity contribution in [1.29, 1.82) is 0 Å². The highest BCUT2D eigenvalue weighted by Crippen LogP contribution is 2.50. The van der Waals surface area contributed by atoms with E-state index in [-0.39, 0.29) is 11.2 Å². The number of hydrogen-bond acceptors (Lipinski definition) is 5. The number of para-hydroxylation sites is 2. The Bertz CT molecular complexity index is 1820. The molecule has 0 spiro atoms. The molecule has 6 rings (SSSR count). The molecule has 0 saturated carbocycles. The van der Waals surface area contributed by atoms with Gasteiger partial charge in [-0.25, -0.2) is 0 Å². The van der Waals surface area contributed by atoms with Crippen molar-refractivity contribution in [3.63, 3.8) is 0 Å². The molecule has 0 amide bonds. The molecule has 1 heterocycles. The summed E-state index contributed by atoms with van der Waals surface area (Å²) in [5.41, 5.74) is 6.50. The lowest BCUT2D eigenvalue weighted by Gasteiger charge is -2.22. The molecule has 2 aliphatic rings. The average molecular weight is 529 g/mol. The summed E-state index contributed by atoms with van der Waals surface area (Å²) in [5, 5.41) is 11.0. The largest absolute Gasteiger partial charge is 0.508 e. The maximum absolute atomic E-state index is 12.3. The Hall–Kier alpha value is -5.03. The molecule has 0 radical (unpaired) electrons. The summed E-state index contributed by atoms with van der Waals surface area (Å²) in [4.78, 5) is 12.3. The molecular weight excluding hydrogens is 500 g/mol. The number of aryl methyl sites for hydroxylation is 4. The number of ether oxygens (including phenoxy) is 2. The van der Waals surface area contributed by atoms with Crippen LogP contribution >= 0.6 is 0 Å². The van der Waals surface area contributed by atoms with Crippen molar-refractivity contribution in [2.45, 2.75) is 27.7 Å². The van der Waals surface area contributed by atoms with Crippen molar-refractivity contribution < 1.29 is 19.0 Å². The number of rotatable bonds is 5. The standard InChI is InChI=1S/C35H28O5/c1-20-8-5-9-21(2)34(20)39-28-12-7-13-29(40-35-22(3)10-6-11-23(35)4)33(28)32-26-16-14-24(36)18-30(26)38-31-19-25(37)15-17-27(31)32/h5-19,36H,1-4H3.